The Morgan fingerprint density at radius 3 is 3.17 bits per heavy atom. The molecule has 0 saturated carbocycles. The minimum atomic E-state index is 0.0199. The highest BCUT2D eigenvalue weighted by molar-refractivity contribution is 7.03. The highest BCUT2D eigenvalue weighted by Gasteiger charge is 2.06. The van der Waals surface area contributed by atoms with Gasteiger partial charge in [-0.15, -0.1) is 16.9 Å². The Hall–Kier alpha value is -1.21. The summed E-state index contributed by atoms with van der Waals surface area (Å²) >= 11 is 1.19. The van der Waals surface area contributed by atoms with Gasteiger partial charge in [-0.3, -0.25) is 4.79 Å². The second kappa shape index (κ2) is 4.62. The summed E-state index contributed by atoms with van der Waals surface area (Å²) < 4.78 is 3.61. The molecule has 4 heteroatoms. The fraction of sp³-hybridized carbons (Fsp3) is 0.375. The normalized spacial score (nSPS) is 8.75. The first-order valence-electron chi connectivity index (χ1n) is 3.54. The Morgan fingerprint density at radius 2 is 2.58 bits per heavy atom. The van der Waals surface area contributed by atoms with Gasteiger partial charge in [-0.05, 0) is 18.5 Å². The SMILES string of the molecule is CC#CCCC(=O)c1csnn1. The zero-order valence-corrected chi connectivity index (χ0v) is 7.52. The Labute approximate surface area is 75.0 Å². The second-order valence-electron chi connectivity index (χ2n) is 2.14. The van der Waals surface area contributed by atoms with Crippen LogP contribution in [0.1, 0.15) is 30.3 Å². The van der Waals surface area contributed by atoms with Gasteiger partial charge in [0.1, 0.15) is 5.69 Å². The lowest BCUT2D eigenvalue weighted by Gasteiger charge is -1.88. The Bertz CT molecular complexity index is 308. The van der Waals surface area contributed by atoms with Gasteiger partial charge in [0.15, 0.2) is 5.78 Å². The van der Waals surface area contributed by atoms with Crippen LogP contribution in [0.2, 0.25) is 0 Å². The third kappa shape index (κ3) is 2.44. The first kappa shape index (κ1) is 8.88. The van der Waals surface area contributed by atoms with E-state index in [1.54, 1.807) is 12.3 Å². The summed E-state index contributed by atoms with van der Waals surface area (Å²) in [6.07, 6.45) is 1.04. The summed E-state index contributed by atoms with van der Waals surface area (Å²) in [5.41, 5.74) is 0.456. The van der Waals surface area contributed by atoms with Gasteiger partial charge in [-0.25, -0.2) is 0 Å². The van der Waals surface area contributed by atoms with Gasteiger partial charge in [-0.1, -0.05) is 4.49 Å². The van der Waals surface area contributed by atoms with Gasteiger partial charge in [0.05, 0.1) is 0 Å². The van der Waals surface area contributed by atoms with Crippen molar-refractivity contribution in [2.45, 2.75) is 19.8 Å². The maximum atomic E-state index is 11.2. The molecule has 1 rings (SSSR count). The monoisotopic (exact) mass is 180 g/mol. The number of rotatable bonds is 3. The van der Waals surface area contributed by atoms with Crippen molar-refractivity contribution in [1.82, 2.24) is 9.59 Å². The van der Waals surface area contributed by atoms with E-state index in [2.05, 4.69) is 21.4 Å². The van der Waals surface area contributed by atoms with Crippen molar-refractivity contribution >= 4 is 17.3 Å². The molecular formula is C8H8N2OS. The summed E-state index contributed by atoms with van der Waals surface area (Å²) in [5.74, 6) is 5.58. The number of ketones is 1. The molecule has 12 heavy (non-hydrogen) atoms. The highest BCUT2D eigenvalue weighted by Crippen LogP contribution is 2.02. The summed E-state index contributed by atoms with van der Waals surface area (Å²) in [6.45, 7) is 1.76. The lowest BCUT2D eigenvalue weighted by atomic mass is 10.2. The maximum absolute atomic E-state index is 11.2. The minimum absolute atomic E-state index is 0.0199. The Balaban J connectivity index is 2.43. The molecule has 1 heterocycles. The van der Waals surface area contributed by atoms with Crippen molar-refractivity contribution in [3.05, 3.63) is 11.1 Å². The highest BCUT2D eigenvalue weighted by atomic mass is 32.1. The molecule has 0 unspecified atom stereocenters. The summed E-state index contributed by atoms with van der Waals surface area (Å²) in [4.78, 5) is 11.2. The smallest absolute Gasteiger partial charge is 0.184 e. The van der Waals surface area contributed by atoms with E-state index in [1.165, 1.54) is 11.5 Å². The number of hydrogen-bond donors (Lipinski definition) is 0. The van der Waals surface area contributed by atoms with Crippen LogP contribution in [0.5, 0.6) is 0 Å². The van der Waals surface area contributed by atoms with E-state index in [0.29, 0.717) is 18.5 Å². The van der Waals surface area contributed by atoms with Crippen LogP contribution in [-0.2, 0) is 0 Å². The van der Waals surface area contributed by atoms with E-state index in [1.807, 2.05) is 0 Å². The van der Waals surface area contributed by atoms with Crippen molar-refractivity contribution in [3.8, 4) is 11.8 Å². The maximum Gasteiger partial charge on any atom is 0.184 e. The molecule has 3 nitrogen and oxygen atoms in total. The number of hydrogen-bond acceptors (Lipinski definition) is 4. The Morgan fingerprint density at radius 1 is 1.75 bits per heavy atom. The molecule has 0 bridgehead atoms. The molecule has 1 aromatic rings. The quantitative estimate of drug-likeness (QED) is 0.523. The molecular weight excluding hydrogens is 172 g/mol. The zero-order chi connectivity index (χ0) is 8.81. The van der Waals surface area contributed by atoms with Crippen LogP contribution in [0.4, 0.5) is 0 Å². The van der Waals surface area contributed by atoms with Crippen LogP contribution < -0.4 is 0 Å². The zero-order valence-electron chi connectivity index (χ0n) is 6.70. The van der Waals surface area contributed by atoms with E-state index < -0.39 is 0 Å². The van der Waals surface area contributed by atoms with Gasteiger partial charge < -0.3 is 0 Å². The van der Waals surface area contributed by atoms with Crippen LogP contribution in [0.3, 0.4) is 0 Å². The third-order valence-corrected chi connectivity index (χ3v) is 1.80. The minimum Gasteiger partial charge on any atom is -0.292 e. The van der Waals surface area contributed by atoms with Crippen LogP contribution >= 0.6 is 11.5 Å². The molecule has 0 saturated heterocycles. The largest absolute Gasteiger partial charge is 0.292 e. The van der Waals surface area contributed by atoms with Gasteiger partial charge in [0.2, 0.25) is 0 Å². The van der Waals surface area contributed by atoms with Crippen LogP contribution in [0.25, 0.3) is 0 Å². The number of carbonyl (C=O) groups is 1. The number of nitrogens with zero attached hydrogens (tertiary/aromatic N) is 2. The van der Waals surface area contributed by atoms with Gasteiger partial charge in [0.25, 0.3) is 0 Å². The van der Waals surface area contributed by atoms with E-state index in [9.17, 15) is 4.79 Å². The number of Topliss-reactive ketones (excluding diaryl/α,β-unsaturated/α-hetero) is 1. The molecule has 0 aromatic carbocycles. The van der Waals surface area contributed by atoms with Crippen molar-refractivity contribution in [3.63, 3.8) is 0 Å². The molecule has 0 spiro atoms. The fourth-order valence-corrected chi connectivity index (χ4v) is 1.18. The topological polar surface area (TPSA) is 42.9 Å². The van der Waals surface area contributed by atoms with E-state index >= 15 is 0 Å². The molecule has 0 radical (unpaired) electrons. The molecule has 1 aromatic heterocycles. The lowest BCUT2D eigenvalue weighted by molar-refractivity contribution is 0.0979. The summed E-state index contributed by atoms with van der Waals surface area (Å²) in [6, 6.07) is 0. The predicted molar refractivity (Wildman–Crippen MR) is 46.9 cm³/mol. The van der Waals surface area contributed by atoms with Gasteiger partial charge >= 0.3 is 0 Å². The Kier molecular flexibility index (Phi) is 3.42. The number of aromatic nitrogens is 2. The van der Waals surface area contributed by atoms with Crippen LogP contribution in [0, 0.1) is 11.8 Å². The van der Waals surface area contributed by atoms with Crippen LogP contribution in [-0.4, -0.2) is 15.4 Å². The van der Waals surface area contributed by atoms with Gasteiger partial charge in [0, 0.05) is 18.2 Å². The summed E-state index contributed by atoms with van der Waals surface area (Å²) in [7, 11) is 0. The van der Waals surface area contributed by atoms with E-state index in [-0.39, 0.29) is 5.78 Å². The van der Waals surface area contributed by atoms with Crippen molar-refractivity contribution in [2.24, 2.45) is 0 Å². The average Bonchev–Trinajstić information content (AvgIpc) is 2.56. The standard InChI is InChI=1S/C8H8N2OS/c1-2-3-4-5-8(11)7-6-12-10-9-7/h6H,4-5H2,1H3. The molecule has 0 aliphatic rings. The van der Waals surface area contributed by atoms with Crippen molar-refractivity contribution in [2.75, 3.05) is 0 Å². The third-order valence-electron chi connectivity index (χ3n) is 1.30. The van der Waals surface area contributed by atoms with Crippen LogP contribution in [0.15, 0.2) is 5.38 Å². The average molecular weight is 180 g/mol. The molecule has 0 N–H and O–H groups in total. The van der Waals surface area contributed by atoms with E-state index in [4.69, 9.17) is 0 Å². The fourth-order valence-electron chi connectivity index (χ4n) is 0.715. The molecule has 0 fully saturated rings. The summed E-state index contributed by atoms with van der Waals surface area (Å²) in [5, 5.41) is 5.32. The van der Waals surface area contributed by atoms with E-state index in [0.717, 1.165) is 0 Å². The second-order valence-corrected chi connectivity index (χ2v) is 2.75. The molecule has 0 aliphatic carbocycles. The van der Waals surface area contributed by atoms with Crippen molar-refractivity contribution < 1.29 is 4.79 Å². The first-order chi connectivity index (χ1) is 5.84. The lowest BCUT2D eigenvalue weighted by Crippen LogP contribution is -1.98. The molecule has 0 amide bonds. The van der Waals surface area contributed by atoms with Gasteiger partial charge in [-0.2, -0.15) is 0 Å². The van der Waals surface area contributed by atoms with Crippen molar-refractivity contribution in [1.29, 1.82) is 0 Å². The molecule has 0 atom stereocenters. The first-order valence-corrected chi connectivity index (χ1v) is 4.38. The molecule has 62 valence electrons. The molecule has 0 aliphatic heterocycles. The predicted octanol–water partition coefficient (Wildman–Crippen LogP) is 1.52. The number of carbonyl (C=O) groups excluding carboxylic acids is 1.